The summed E-state index contributed by atoms with van der Waals surface area (Å²) in [5.41, 5.74) is 0. The van der Waals surface area contributed by atoms with Crippen LogP contribution < -0.4 is 4.72 Å². The highest BCUT2D eigenvalue weighted by Crippen LogP contribution is 2.25. The number of hydrogen-bond donors (Lipinski definition) is 1. The summed E-state index contributed by atoms with van der Waals surface area (Å²) < 4.78 is 33.5. The van der Waals surface area contributed by atoms with Gasteiger partial charge in [0, 0.05) is 22.1 Å². The molecule has 0 aromatic heterocycles. The van der Waals surface area contributed by atoms with E-state index in [9.17, 15) is 8.42 Å². The lowest BCUT2D eigenvalue weighted by Crippen LogP contribution is -2.32. The molecule has 1 aromatic rings. The van der Waals surface area contributed by atoms with Crippen LogP contribution in [0.25, 0.3) is 0 Å². The van der Waals surface area contributed by atoms with E-state index in [0.29, 0.717) is 17.6 Å². The normalized spacial score (nSPS) is 20.2. The van der Waals surface area contributed by atoms with Gasteiger partial charge >= 0.3 is 0 Å². The summed E-state index contributed by atoms with van der Waals surface area (Å²) in [7, 11) is -3.51. The number of ether oxygens (including phenoxy) is 1. The minimum absolute atomic E-state index is 0.00861. The summed E-state index contributed by atoms with van der Waals surface area (Å²) in [6.45, 7) is 1.04. The van der Waals surface area contributed by atoms with Gasteiger partial charge in [0.1, 0.15) is 0 Å². The van der Waals surface area contributed by atoms with E-state index in [4.69, 9.17) is 4.74 Å². The number of hydrogen-bond acceptors (Lipinski definition) is 3. The fraction of sp³-hybridized carbons (Fsp3) is 0.455. The number of nitrogens with one attached hydrogen (secondary N) is 1. The number of halogens is 2. The SMILES string of the molecule is O=S(=O)(NCC1CCCO1)c1cc(Br)ccc1Br. The summed E-state index contributed by atoms with van der Waals surface area (Å²) in [4.78, 5) is 0.231. The first-order chi connectivity index (χ1) is 8.49. The monoisotopic (exact) mass is 397 g/mol. The fourth-order valence-electron chi connectivity index (χ4n) is 1.77. The van der Waals surface area contributed by atoms with Gasteiger partial charge in [-0.15, -0.1) is 0 Å². The molecular formula is C11H13Br2NO3S. The molecule has 1 saturated heterocycles. The largest absolute Gasteiger partial charge is 0.377 e. The Labute approximate surface area is 123 Å². The van der Waals surface area contributed by atoms with E-state index >= 15 is 0 Å². The zero-order valence-corrected chi connectivity index (χ0v) is 13.5. The molecule has 0 bridgehead atoms. The van der Waals surface area contributed by atoms with Crippen molar-refractivity contribution in [2.24, 2.45) is 0 Å². The van der Waals surface area contributed by atoms with Crippen LogP contribution in [0.4, 0.5) is 0 Å². The van der Waals surface area contributed by atoms with Gasteiger partial charge in [0.25, 0.3) is 0 Å². The van der Waals surface area contributed by atoms with Crippen molar-refractivity contribution in [3.05, 3.63) is 27.1 Å². The van der Waals surface area contributed by atoms with E-state index in [1.165, 1.54) is 0 Å². The molecular weight excluding hydrogens is 386 g/mol. The number of sulfonamides is 1. The van der Waals surface area contributed by atoms with Crippen LogP contribution in [0.5, 0.6) is 0 Å². The van der Waals surface area contributed by atoms with Crippen LogP contribution in [0.1, 0.15) is 12.8 Å². The summed E-state index contributed by atoms with van der Waals surface area (Å²) in [5.74, 6) is 0. The third kappa shape index (κ3) is 3.54. The fourth-order valence-corrected chi connectivity index (χ4v) is 4.34. The number of benzene rings is 1. The molecule has 1 atom stereocenters. The Balaban J connectivity index is 2.12. The molecule has 1 unspecified atom stereocenters. The van der Waals surface area contributed by atoms with Gasteiger partial charge in [-0.3, -0.25) is 0 Å². The molecule has 1 aliphatic heterocycles. The second-order valence-electron chi connectivity index (χ2n) is 4.06. The Morgan fingerprint density at radius 2 is 2.17 bits per heavy atom. The molecule has 0 aliphatic carbocycles. The highest BCUT2D eigenvalue weighted by atomic mass is 79.9. The molecule has 1 N–H and O–H groups in total. The van der Waals surface area contributed by atoms with Crippen molar-refractivity contribution in [1.29, 1.82) is 0 Å². The Morgan fingerprint density at radius 3 is 2.83 bits per heavy atom. The minimum Gasteiger partial charge on any atom is -0.377 e. The molecule has 1 aliphatic rings. The molecule has 1 aromatic carbocycles. The second-order valence-corrected chi connectivity index (χ2v) is 7.57. The zero-order valence-electron chi connectivity index (χ0n) is 9.53. The van der Waals surface area contributed by atoms with Gasteiger partial charge in [-0.2, -0.15) is 0 Å². The third-order valence-electron chi connectivity index (χ3n) is 2.71. The van der Waals surface area contributed by atoms with Gasteiger partial charge in [0.2, 0.25) is 10.0 Å². The maximum absolute atomic E-state index is 12.1. The van der Waals surface area contributed by atoms with Gasteiger partial charge in [-0.25, -0.2) is 13.1 Å². The van der Waals surface area contributed by atoms with E-state index in [1.807, 2.05) is 0 Å². The molecule has 1 heterocycles. The first kappa shape index (κ1) is 14.5. The molecule has 0 amide bonds. The van der Waals surface area contributed by atoms with Crippen LogP contribution in [0.3, 0.4) is 0 Å². The molecule has 2 rings (SSSR count). The van der Waals surface area contributed by atoms with Gasteiger partial charge in [0.15, 0.2) is 0 Å². The third-order valence-corrected chi connectivity index (χ3v) is 5.62. The first-order valence-electron chi connectivity index (χ1n) is 5.55. The maximum Gasteiger partial charge on any atom is 0.241 e. The van der Waals surface area contributed by atoms with Crippen molar-refractivity contribution in [1.82, 2.24) is 4.72 Å². The first-order valence-corrected chi connectivity index (χ1v) is 8.62. The summed E-state index contributed by atoms with van der Waals surface area (Å²) in [6, 6.07) is 5.05. The predicted molar refractivity (Wildman–Crippen MR) is 76.0 cm³/mol. The van der Waals surface area contributed by atoms with E-state index < -0.39 is 10.0 Å². The summed E-state index contributed by atoms with van der Waals surface area (Å²) in [5, 5.41) is 0. The van der Waals surface area contributed by atoms with Gasteiger partial charge < -0.3 is 4.74 Å². The summed E-state index contributed by atoms with van der Waals surface area (Å²) in [6.07, 6.45) is 1.89. The molecule has 1 fully saturated rings. The topological polar surface area (TPSA) is 55.4 Å². The van der Waals surface area contributed by atoms with Crippen LogP contribution >= 0.6 is 31.9 Å². The van der Waals surface area contributed by atoms with Crippen LogP contribution in [0.15, 0.2) is 32.0 Å². The van der Waals surface area contributed by atoms with E-state index in [0.717, 1.165) is 17.3 Å². The quantitative estimate of drug-likeness (QED) is 0.848. The van der Waals surface area contributed by atoms with Crippen molar-refractivity contribution >= 4 is 41.9 Å². The summed E-state index contributed by atoms with van der Waals surface area (Å²) >= 11 is 6.52. The Bertz CT molecular complexity index is 527. The Hall–Kier alpha value is 0.0500. The van der Waals surface area contributed by atoms with Crippen LogP contribution in [0, 0.1) is 0 Å². The van der Waals surface area contributed by atoms with Crippen LogP contribution in [0.2, 0.25) is 0 Å². The van der Waals surface area contributed by atoms with Crippen LogP contribution in [-0.2, 0) is 14.8 Å². The molecule has 0 spiro atoms. The average molecular weight is 399 g/mol. The molecule has 100 valence electrons. The highest BCUT2D eigenvalue weighted by molar-refractivity contribution is 9.11. The Morgan fingerprint density at radius 1 is 1.39 bits per heavy atom. The highest BCUT2D eigenvalue weighted by Gasteiger charge is 2.22. The van der Waals surface area contributed by atoms with E-state index in [1.54, 1.807) is 18.2 Å². The molecule has 7 heteroatoms. The molecule has 0 saturated carbocycles. The molecule has 0 radical (unpaired) electrons. The van der Waals surface area contributed by atoms with E-state index in [-0.39, 0.29) is 11.0 Å². The van der Waals surface area contributed by atoms with E-state index in [2.05, 4.69) is 36.6 Å². The van der Waals surface area contributed by atoms with Gasteiger partial charge in [-0.05, 0) is 47.0 Å². The van der Waals surface area contributed by atoms with Crippen molar-refractivity contribution < 1.29 is 13.2 Å². The predicted octanol–water partition coefficient (Wildman–Crippen LogP) is 2.67. The van der Waals surface area contributed by atoms with Crippen molar-refractivity contribution in [3.63, 3.8) is 0 Å². The second kappa shape index (κ2) is 6.00. The van der Waals surface area contributed by atoms with Gasteiger partial charge in [-0.1, -0.05) is 15.9 Å². The molecule has 18 heavy (non-hydrogen) atoms. The smallest absolute Gasteiger partial charge is 0.241 e. The number of rotatable bonds is 4. The lowest BCUT2D eigenvalue weighted by atomic mass is 10.2. The van der Waals surface area contributed by atoms with Crippen LogP contribution in [-0.4, -0.2) is 27.7 Å². The average Bonchev–Trinajstić information content (AvgIpc) is 2.83. The minimum atomic E-state index is -3.51. The van der Waals surface area contributed by atoms with Gasteiger partial charge in [0.05, 0.1) is 11.0 Å². The maximum atomic E-state index is 12.1. The zero-order chi connectivity index (χ0) is 13.2. The van der Waals surface area contributed by atoms with Crippen molar-refractivity contribution in [2.45, 2.75) is 23.8 Å². The molecule has 4 nitrogen and oxygen atoms in total. The standard InChI is InChI=1S/C11H13Br2NO3S/c12-8-3-4-10(13)11(6-8)18(15,16)14-7-9-2-1-5-17-9/h3-4,6,9,14H,1-2,5,7H2. The Kier molecular flexibility index (Phi) is 4.82. The van der Waals surface area contributed by atoms with Crippen molar-refractivity contribution in [3.8, 4) is 0 Å². The lowest BCUT2D eigenvalue weighted by Gasteiger charge is -2.12. The lowest BCUT2D eigenvalue weighted by molar-refractivity contribution is 0.114. The van der Waals surface area contributed by atoms with Crippen molar-refractivity contribution in [2.75, 3.05) is 13.2 Å².